The molecule has 1 aliphatic rings. The highest BCUT2D eigenvalue weighted by Crippen LogP contribution is 2.31. The van der Waals surface area contributed by atoms with E-state index in [9.17, 15) is 0 Å². The maximum atomic E-state index is 3.93. The van der Waals surface area contributed by atoms with Crippen LogP contribution in [0, 0.1) is 5.92 Å². The van der Waals surface area contributed by atoms with Gasteiger partial charge < -0.3 is 5.32 Å². The minimum atomic E-state index is 0.549. The Morgan fingerprint density at radius 2 is 1.94 bits per heavy atom. The molecule has 3 unspecified atom stereocenters. The summed E-state index contributed by atoms with van der Waals surface area (Å²) in [5, 5.41) is 3.93. The first-order valence-electron chi connectivity index (χ1n) is 7.66. The third-order valence-electron chi connectivity index (χ3n) is 4.38. The number of rotatable bonds is 6. The lowest BCUT2D eigenvalue weighted by Crippen LogP contribution is -2.35. The summed E-state index contributed by atoms with van der Waals surface area (Å²) < 4.78 is 0. The van der Waals surface area contributed by atoms with Crippen molar-refractivity contribution >= 4 is 0 Å². The van der Waals surface area contributed by atoms with Gasteiger partial charge in [-0.15, -0.1) is 0 Å². The second-order valence-electron chi connectivity index (χ2n) is 5.62. The summed E-state index contributed by atoms with van der Waals surface area (Å²) in [6.07, 6.45) is 8.01. The number of hydrogen-bond donors (Lipinski definition) is 1. The predicted octanol–water partition coefficient (Wildman–Crippen LogP) is 4.70. The Hall–Kier alpha value is -0.820. The molecule has 1 heteroatoms. The zero-order chi connectivity index (χ0) is 12.8. The van der Waals surface area contributed by atoms with E-state index in [4.69, 9.17) is 0 Å². The lowest BCUT2D eigenvalue weighted by molar-refractivity contribution is 0.339. The van der Waals surface area contributed by atoms with Crippen molar-refractivity contribution in [2.45, 2.75) is 64.5 Å². The Morgan fingerprint density at radius 1 is 1.17 bits per heavy atom. The molecule has 0 heterocycles. The molecule has 0 spiro atoms. The van der Waals surface area contributed by atoms with Crippen LogP contribution in [0.1, 0.15) is 64.0 Å². The second-order valence-corrected chi connectivity index (χ2v) is 5.62. The van der Waals surface area contributed by atoms with E-state index in [-0.39, 0.29) is 0 Å². The third-order valence-corrected chi connectivity index (χ3v) is 4.38. The Labute approximate surface area is 112 Å². The van der Waals surface area contributed by atoms with Gasteiger partial charge in [0.15, 0.2) is 0 Å². The number of nitrogens with one attached hydrogen (secondary N) is 1. The standard InChI is InChI=1S/C17H27N/c1-3-9-16(15-10-6-5-7-11-15)18-17-13-8-12-14(17)4-2/h5-7,10-11,14,16-18H,3-4,8-9,12-13H2,1-2H3. The molecule has 1 saturated carbocycles. The van der Waals surface area contributed by atoms with Gasteiger partial charge in [0.05, 0.1) is 0 Å². The first-order chi connectivity index (χ1) is 8.85. The molecule has 1 aromatic rings. The van der Waals surface area contributed by atoms with E-state index in [2.05, 4.69) is 49.5 Å². The summed E-state index contributed by atoms with van der Waals surface area (Å²) in [6, 6.07) is 12.3. The summed E-state index contributed by atoms with van der Waals surface area (Å²) in [4.78, 5) is 0. The maximum absolute atomic E-state index is 3.93. The smallest absolute Gasteiger partial charge is 0.0322 e. The van der Waals surface area contributed by atoms with Gasteiger partial charge in [-0.1, -0.05) is 63.4 Å². The minimum Gasteiger partial charge on any atom is -0.307 e. The van der Waals surface area contributed by atoms with Gasteiger partial charge in [0.2, 0.25) is 0 Å². The molecule has 0 saturated heterocycles. The van der Waals surface area contributed by atoms with Crippen LogP contribution < -0.4 is 5.32 Å². The number of hydrogen-bond acceptors (Lipinski definition) is 1. The zero-order valence-corrected chi connectivity index (χ0v) is 11.9. The molecule has 2 rings (SSSR count). The second kappa shape index (κ2) is 6.94. The molecule has 0 aliphatic heterocycles. The van der Waals surface area contributed by atoms with E-state index in [1.54, 1.807) is 0 Å². The molecule has 100 valence electrons. The molecule has 0 radical (unpaired) electrons. The van der Waals surface area contributed by atoms with Crippen LogP contribution >= 0.6 is 0 Å². The molecular formula is C17H27N. The highest BCUT2D eigenvalue weighted by Gasteiger charge is 2.27. The van der Waals surface area contributed by atoms with Crippen molar-refractivity contribution in [3.05, 3.63) is 35.9 Å². The van der Waals surface area contributed by atoms with Crippen molar-refractivity contribution in [3.63, 3.8) is 0 Å². The Kier molecular flexibility index (Phi) is 5.25. The van der Waals surface area contributed by atoms with Gasteiger partial charge in [-0.3, -0.25) is 0 Å². The minimum absolute atomic E-state index is 0.549. The van der Waals surface area contributed by atoms with Crippen LogP contribution in [0.3, 0.4) is 0 Å². The molecule has 1 aliphatic carbocycles. The van der Waals surface area contributed by atoms with Crippen LogP contribution in [0.25, 0.3) is 0 Å². The largest absolute Gasteiger partial charge is 0.307 e. The van der Waals surface area contributed by atoms with E-state index in [1.807, 2.05) is 0 Å². The summed E-state index contributed by atoms with van der Waals surface area (Å²) in [6.45, 7) is 4.62. The lowest BCUT2D eigenvalue weighted by atomic mass is 9.96. The normalized spacial score (nSPS) is 25.2. The van der Waals surface area contributed by atoms with Crippen molar-refractivity contribution in [3.8, 4) is 0 Å². The Bertz CT molecular complexity index is 333. The molecule has 0 amide bonds. The monoisotopic (exact) mass is 245 g/mol. The summed E-state index contributed by atoms with van der Waals surface area (Å²) in [7, 11) is 0. The van der Waals surface area contributed by atoms with Crippen LogP contribution in [-0.4, -0.2) is 6.04 Å². The van der Waals surface area contributed by atoms with Crippen LogP contribution in [-0.2, 0) is 0 Å². The Morgan fingerprint density at radius 3 is 2.61 bits per heavy atom. The molecule has 1 fully saturated rings. The van der Waals surface area contributed by atoms with Gasteiger partial charge in [0.25, 0.3) is 0 Å². The van der Waals surface area contributed by atoms with Gasteiger partial charge in [-0.25, -0.2) is 0 Å². The van der Waals surface area contributed by atoms with Crippen LogP contribution in [0.15, 0.2) is 30.3 Å². The molecular weight excluding hydrogens is 218 g/mol. The van der Waals surface area contributed by atoms with Crippen molar-refractivity contribution in [1.29, 1.82) is 0 Å². The lowest BCUT2D eigenvalue weighted by Gasteiger charge is -2.27. The molecule has 18 heavy (non-hydrogen) atoms. The maximum Gasteiger partial charge on any atom is 0.0322 e. The average Bonchev–Trinajstić information content (AvgIpc) is 2.86. The van der Waals surface area contributed by atoms with Gasteiger partial charge >= 0.3 is 0 Å². The third kappa shape index (κ3) is 3.35. The van der Waals surface area contributed by atoms with Crippen molar-refractivity contribution in [1.82, 2.24) is 5.32 Å². The van der Waals surface area contributed by atoms with E-state index in [0.29, 0.717) is 6.04 Å². The van der Waals surface area contributed by atoms with Gasteiger partial charge in [0.1, 0.15) is 0 Å². The zero-order valence-electron chi connectivity index (χ0n) is 11.9. The Balaban J connectivity index is 2.02. The van der Waals surface area contributed by atoms with Crippen LogP contribution in [0.2, 0.25) is 0 Å². The van der Waals surface area contributed by atoms with E-state index < -0.39 is 0 Å². The van der Waals surface area contributed by atoms with Crippen LogP contribution in [0.5, 0.6) is 0 Å². The first-order valence-corrected chi connectivity index (χ1v) is 7.66. The van der Waals surface area contributed by atoms with E-state index in [0.717, 1.165) is 12.0 Å². The molecule has 1 aromatic carbocycles. The van der Waals surface area contributed by atoms with E-state index in [1.165, 1.54) is 44.1 Å². The fraction of sp³-hybridized carbons (Fsp3) is 0.647. The topological polar surface area (TPSA) is 12.0 Å². The average molecular weight is 245 g/mol. The fourth-order valence-electron chi connectivity index (χ4n) is 3.32. The molecule has 1 N–H and O–H groups in total. The fourth-order valence-corrected chi connectivity index (χ4v) is 3.32. The molecule has 1 nitrogen and oxygen atoms in total. The first kappa shape index (κ1) is 13.6. The van der Waals surface area contributed by atoms with Crippen molar-refractivity contribution < 1.29 is 0 Å². The van der Waals surface area contributed by atoms with Crippen LogP contribution in [0.4, 0.5) is 0 Å². The summed E-state index contributed by atoms with van der Waals surface area (Å²) in [5.74, 6) is 0.896. The van der Waals surface area contributed by atoms with Gasteiger partial charge in [0, 0.05) is 12.1 Å². The van der Waals surface area contributed by atoms with Crippen molar-refractivity contribution in [2.75, 3.05) is 0 Å². The van der Waals surface area contributed by atoms with Gasteiger partial charge in [-0.05, 0) is 30.7 Å². The van der Waals surface area contributed by atoms with Crippen molar-refractivity contribution in [2.24, 2.45) is 5.92 Å². The quantitative estimate of drug-likeness (QED) is 0.766. The summed E-state index contributed by atoms with van der Waals surface area (Å²) >= 11 is 0. The van der Waals surface area contributed by atoms with Gasteiger partial charge in [-0.2, -0.15) is 0 Å². The molecule has 0 bridgehead atoms. The highest BCUT2D eigenvalue weighted by atomic mass is 15.0. The summed E-state index contributed by atoms with van der Waals surface area (Å²) in [5.41, 5.74) is 1.46. The highest BCUT2D eigenvalue weighted by molar-refractivity contribution is 5.19. The number of benzene rings is 1. The molecule has 0 aromatic heterocycles. The van der Waals surface area contributed by atoms with E-state index >= 15 is 0 Å². The predicted molar refractivity (Wildman–Crippen MR) is 78.6 cm³/mol. The SMILES string of the molecule is CCCC(NC1CCCC1CC)c1ccccc1. The molecule has 3 atom stereocenters.